The Morgan fingerprint density at radius 1 is 0.952 bits per heavy atom. The van der Waals surface area contributed by atoms with Gasteiger partial charge in [0, 0.05) is 6.42 Å². The van der Waals surface area contributed by atoms with Gasteiger partial charge in [0.25, 0.3) is 0 Å². The third-order valence-electron chi connectivity index (χ3n) is 3.97. The first kappa shape index (κ1) is 14.1. The molecule has 1 heteroatoms. The maximum Gasteiger partial charge on any atom is 0.0876 e. The summed E-state index contributed by atoms with van der Waals surface area (Å²) in [6, 6.07) is 19.3. The Morgan fingerprint density at radius 3 is 2.29 bits per heavy atom. The van der Waals surface area contributed by atoms with E-state index in [0.717, 1.165) is 6.42 Å². The van der Waals surface area contributed by atoms with E-state index in [4.69, 9.17) is 4.74 Å². The van der Waals surface area contributed by atoms with Gasteiger partial charge in [0.05, 0.1) is 11.7 Å². The van der Waals surface area contributed by atoms with E-state index >= 15 is 0 Å². The molecule has 0 saturated heterocycles. The molecule has 0 saturated carbocycles. The van der Waals surface area contributed by atoms with E-state index in [1.165, 1.54) is 22.3 Å². The van der Waals surface area contributed by atoms with Crippen molar-refractivity contribution in [2.24, 2.45) is 0 Å². The lowest BCUT2D eigenvalue weighted by Gasteiger charge is -2.35. The summed E-state index contributed by atoms with van der Waals surface area (Å²) in [6.07, 6.45) is 3.31. The van der Waals surface area contributed by atoms with Crippen LogP contribution < -0.4 is 0 Å². The molecule has 0 N–H and O–H groups in total. The topological polar surface area (TPSA) is 9.23 Å². The Morgan fingerprint density at radius 2 is 1.62 bits per heavy atom. The molecule has 1 atom stereocenters. The normalized spacial score (nSPS) is 20.9. The molecule has 2 aromatic carbocycles. The van der Waals surface area contributed by atoms with Crippen molar-refractivity contribution in [3.05, 3.63) is 77.4 Å². The molecule has 0 aromatic heterocycles. The minimum atomic E-state index is -0.237. The third kappa shape index (κ3) is 3.25. The van der Waals surface area contributed by atoms with Gasteiger partial charge in [0.15, 0.2) is 0 Å². The molecule has 21 heavy (non-hydrogen) atoms. The van der Waals surface area contributed by atoms with Crippen molar-refractivity contribution in [3.63, 3.8) is 0 Å². The zero-order valence-corrected chi connectivity index (χ0v) is 13.0. The van der Waals surface area contributed by atoms with Crippen LogP contribution in [0.15, 0.2) is 60.7 Å². The smallest absolute Gasteiger partial charge is 0.0876 e. The molecule has 0 bridgehead atoms. The van der Waals surface area contributed by atoms with E-state index in [1.807, 2.05) is 0 Å². The number of benzene rings is 2. The summed E-state index contributed by atoms with van der Waals surface area (Å²) in [6.45, 7) is 6.39. The molecule has 108 valence electrons. The summed E-state index contributed by atoms with van der Waals surface area (Å²) < 4.78 is 6.28. The van der Waals surface area contributed by atoms with E-state index < -0.39 is 0 Å². The molecule has 0 amide bonds. The highest BCUT2D eigenvalue weighted by Gasteiger charge is 2.29. The van der Waals surface area contributed by atoms with E-state index in [0.29, 0.717) is 0 Å². The van der Waals surface area contributed by atoms with Crippen LogP contribution in [0.3, 0.4) is 0 Å². The number of hydrogen-bond donors (Lipinski definition) is 0. The maximum atomic E-state index is 6.28. The average Bonchev–Trinajstić information content (AvgIpc) is 2.47. The Hall–Kier alpha value is -1.86. The van der Waals surface area contributed by atoms with Crippen molar-refractivity contribution >= 4 is 5.57 Å². The molecule has 1 aliphatic rings. The van der Waals surface area contributed by atoms with Crippen LogP contribution in [0.1, 0.15) is 43.1 Å². The molecule has 1 heterocycles. The fourth-order valence-electron chi connectivity index (χ4n) is 2.94. The van der Waals surface area contributed by atoms with Crippen molar-refractivity contribution < 1.29 is 4.74 Å². The second kappa shape index (κ2) is 5.50. The van der Waals surface area contributed by atoms with Crippen LogP contribution in [0.25, 0.3) is 5.57 Å². The van der Waals surface area contributed by atoms with Gasteiger partial charge < -0.3 is 4.74 Å². The lowest BCUT2D eigenvalue weighted by molar-refractivity contribution is -0.0476. The molecule has 0 aliphatic carbocycles. The standard InChI is InChI=1S/C20H22O/c1-15-9-11-17(12-10-15)19-13-18(14-20(2,3)21-19)16-7-5-4-6-8-16/h4-12,14,19H,13H2,1-3H3. The van der Waals surface area contributed by atoms with Gasteiger partial charge in [-0.1, -0.05) is 60.2 Å². The minimum Gasteiger partial charge on any atom is -0.363 e. The summed E-state index contributed by atoms with van der Waals surface area (Å²) in [4.78, 5) is 0. The predicted molar refractivity (Wildman–Crippen MR) is 88.1 cm³/mol. The van der Waals surface area contributed by atoms with Crippen LogP contribution in [0.2, 0.25) is 0 Å². The first-order valence-electron chi connectivity index (χ1n) is 7.55. The number of rotatable bonds is 2. The fourth-order valence-corrected chi connectivity index (χ4v) is 2.94. The molecule has 2 aromatic rings. The Kier molecular flexibility index (Phi) is 3.69. The molecule has 1 nitrogen and oxygen atoms in total. The molecule has 0 radical (unpaired) electrons. The highest BCUT2D eigenvalue weighted by atomic mass is 16.5. The predicted octanol–water partition coefficient (Wildman–Crippen LogP) is 5.32. The molecular formula is C20H22O. The second-order valence-electron chi connectivity index (χ2n) is 6.36. The molecule has 1 unspecified atom stereocenters. The van der Waals surface area contributed by atoms with Crippen LogP contribution in [0.5, 0.6) is 0 Å². The minimum absolute atomic E-state index is 0.126. The van der Waals surface area contributed by atoms with E-state index in [-0.39, 0.29) is 11.7 Å². The number of ether oxygens (including phenoxy) is 1. The van der Waals surface area contributed by atoms with Gasteiger partial charge >= 0.3 is 0 Å². The van der Waals surface area contributed by atoms with Crippen molar-refractivity contribution in [1.29, 1.82) is 0 Å². The lowest BCUT2D eigenvalue weighted by atomic mass is 9.88. The molecule has 0 spiro atoms. The first-order valence-corrected chi connectivity index (χ1v) is 7.55. The first-order chi connectivity index (χ1) is 10.0. The summed E-state index contributed by atoms with van der Waals surface area (Å²) in [5, 5.41) is 0. The van der Waals surface area contributed by atoms with Crippen LogP contribution in [0.4, 0.5) is 0 Å². The van der Waals surface area contributed by atoms with Gasteiger partial charge in [-0.15, -0.1) is 0 Å². The van der Waals surface area contributed by atoms with Crippen molar-refractivity contribution in [1.82, 2.24) is 0 Å². The van der Waals surface area contributed by atoms with E-state index in [2.05, 4.69) is 81.4 Å². The number of hydrogen-bond acceptors (Lipinski definition) is 1. The van der Waals surface area contributed by atoms with Gasteiger partial charge in [-0.3, -0.25) is 0 Å². The lowest BCUT2D eigenvalue weighted by Crippen LogP contribution is -2.28. The van der Waals surface area contributed by atoms with Crippen molar-refractivity contribution in [2.75, 3.05) is 0 Å². The SMILES string of the molecule is Cc1ccc(C2CC(c3ccccc3)=CC(C)(C)O2)cc1. The second-order valence-corrected chi connectivity index (χ2v) is 6.36. The van der Waals surface area contributed by atoms with Crippen LogP contribution in [-0.2, 0) is 4.74 Å². The molecule has 1 aliphatic heterocycles. The summed E-state index contributed by atoms with van der Waals surface area (Å²) in [7, 11) is 0. The monoisotopic (exact) mass is 278 g/mol. The van der Waals surface area contributed by atoms with Crippen LogP contribution in [0, 0.1) is 6.92 Å². The number of aryl methyl sites for hydroxylation is 1. The highest BCUT2D eigenvalue weighted by Crippen LogP contribution is 2.39. The third-order valence-corrected chi connectivity index (χ3v) is 3.97. The van der Waals surface area contributed by atoms with Gasteiger partial charge in [0.1, 0.15) is 0 Å². The fraction of sp³-hybridized carbons (Fsp3) is 0.300. The quantitative estimate of drug-likeness (QED) is 0.722. The van der Waals surface area contributed by atoms with Gasteiger partial charge in [0.2, 0.25) is 0 Å². The maximum absolute atomic E-state index is 6.28. The average molecular weight is 278 g/mol. The van der Waals surface area contributed by atoms with Gasteiger partial charge in [-0.2, -0.15) is 0 Å². The highest BCUT2D eigenvalue weighted by molar-refractivity contribution is 5.68. The summed E-state index contributed by atoms with van der Waals surface area (Å²) in [5.41, 5.74) is 4.98. The Balaban J connectivity index is 1.93. The molecule has 3 rings (SSSR count). The largest absolute Gasteiger partial charge is 0.363 e. The van der Waals surface area contributed by atoms with Crippen molar-refractivity contribution in [3.8, 4) is 0 Å². The van der Waals surface area contributed by atoms with Crippen LogP contribution >= 0.6 is 0 Å². The summed E-state index contributed by atoms with van der Waals surface area (Å²) in [5.74, 6) is 0. The Bertz CT molecular complexity index is 635. The molecule has 0 fully saturated rings. The molecular weight excluding hydrogens is 256 g/mol. The van der Waals surface area contributed by atoms with Crippen LogP contribution in [-0.4, -0.2) is 5.60 Å². The zero-order valence-electron chi connectivity index (χ0n) is 13.0. The Labute approximate surface area is 127 Å². The van der Waals surface area contributed by atoms with E-state index in [9.17, 15) is 0 Å². The van der Waals surface area contributed by atoms with Gasteiger partial charge in [-0.05, 0) is 43.5 Å². The van der Waals surface area contributed by atoms with E-state index in [1.54, 1.807) is 0 Å². The van der Waals surface area contributed by atoms with Crippen molar-refractivity contribution in [2.45, 2.75) is 38.9 Å². The zero-order chi connectivity index (χ0) is 14.9. The van der Waals surface area contributed by atoms with Gasteiger partial charge in [-0.25, -0.2) is 0 Å². The summed E-state index contributed by atoms with van der Waals surface area (Å²) >= 11 is 0.